The number of rotatable bonds is 18. The minimum atomic E-state index is -0.669. The third kappa shape index (κ3) is 11.2. The summed E-state index contributed by atoms with van der Waals surface area (Å²) >= 11 is 0. The normalized spacial score (nSPS) is 21.5. The molecular formula is C32H56N2O6. The minimum absolute atomic E-state index is 0.172. The molecule has 1 aliphatic heterocycles. The van der Waals surface area contributed by atoms with Crippen molar-refractivity contribution in [2.45, 2.75) is 151 Å². The lowest BCUT2D eigenvalue weighted by atomic mass is 9.91. The molecule has 1 aromatic rings. The van der Waals surface area contributed by atoms with Crippen molar-refractivity contribution in [3.8, 4) is 0 Å². The van der Waals surface area contributed by atoms with Crippen molar-refractivity contribution in [1.29, 1.82) is 0 Å². The Morgan fingerprint density at radius 2 is 1.52 bits per heavy atom. The monoisotopic (exact) mass is 564 g/mol. The Labute approximate surface area is 241 Å². The van der Waals surface area contributed by atoms with E-state index in [4.69, 9.17) is 9.47 Å². The van der Waals surface area contributed by atoms with Crippen LogP contribution < -0.4 is 11.2 Å². The average molecular weight is 565 g/mol. The van der Waals surface area contributed by atoms with Gasteiger partial charge in [-0.15, -0.1) is 0 Å². The van der Waals surface area contributed by atoms with Crippen LogP contribution in [-0.2, 0) is 21.0 Å². The van der Waals surface area contributed by atoms with Crippen molar-refractivity contribution in [1.82, 2.24) is 9.13 Å². The molecule has 8 heteroatoms. The summed E-state index contributed by atoms with van der Waals surface area (Å²) in [5.74, 6) is 2.06. The smallest absolute Gasteiger partial charge is 0.335 e. The van der Waals surface area contributed by atoms with E-state index in [0.717, 1.165) is 35.7 Å². The third-order valence-corrected chi connectivity index (χ3v) is 8.42. The Morgan fingerprint density at radius 1 is 0.975 bits per heavy atom. The molecule has 230 valence electrons. The largest absolute Gasteiger partial charge is 0.444 e. The van der Waals surface area contributed by atoms with E-state index in [-0.39, 0.29) is 24.9 Å². The molecule has 1 aromatic heterocycles. The Kier molecular flexibility index (Phi) is 14.7. The number of carbonyl (C=O) groups is 1. The number of aliphatic hydroxyl groups is 1. The summed E-state index contributed by atoms with van der Waals surface area (Å²) < 4.78 is 13.4. The van der Waals surface area contributed by atoms with E-state index in [1.807, 2.05) is 13.8 Å². The number of aromatic nitrogens is 2. The molecule has 1 N–H and O–H groups in total. The van der Waals surface area contributed by atoms with Crippen LogP contribution in [0.15, 0.2) is 15.8 Å². The Bertz CT molecular complexity index is 1020. The lowest BCUT2D eigenvalue weighted by Gasteiger charge is -2.18. The van der Waals surface area contributed by atoms with E-state index in [0.29, 0.717) is 17.9 Å². The zero-order valence-electron chi connectivity index (χ0n) is 26.2. The molecule has 1 saturated heterocycles. The standard InChI is InChI=1S/C32H56N2O6/c1-8-28-27(35)19-29(40-28)33-20-26(7)31(37)34(32(33)38)21-39-30(36)18-25(6)17-11-16-24(5)15-10-14-23(4)13-9-12-22(2)3/h20,22-25,27-29,35H,8-19,21H2,1-7H3/t23?,24?,25?,27-,28?,29?/m1/s1. The summed E-state index contributed by atoms with van der Waals surface area (Å²) in [6, 6.07) is 0. The highest BCUT2D eigenvalue weighted by Gasteiger charge is 2.34. The summed E-state index contributed by atoms with van der Waals surface area (Å²) in [6.07, 6.45) is 12.0. The van der Waals surface area contributed by atoms with Crippen LogP contribution in [0.5, 0.6) is 0 Å². The van der Waals surface area contributed by atoms with Gasteiger partial charge in [0.05, 0.1) is 12.2 Å². The zero-order valence-corrected chi connectivity index (χ0v) is 26.2. The second-order valence-electron chi connectivity index (χ2n) is 12.9. The summed E-state index contributed by atoms with van der Waals surface area (Å²) in [5.41, 5.74) is -0.757. The Balaban J connectivity index is 1.73. The molecule has 8 nitrogen and oxygen atoms in total. The summed E-state index contributed by atoms with van der Waals surface area (Å²) in [4.78, 5) is 38.2. The van der Waals surface area contributed by atoms with Gasteiger partial charge >= 0.3 is 11.7 Å². The van der Waals surface area contributed by atoms with Gasteiger partial charge in [-0.2, -0.15) is 0 Å². The molecule has 2 rings (SSSR count). The number of aliphatic hydroxyl groups excluding tert-OH is 1. The zero-order chi connectivity index (χ0) is 29.8. The lowest BCUT2D eigenvalue weighted by molar-refractivity contribution is -0.148. The van der Waals surface area contributed by atoms with Gasteiger partial charge in [0.2, 0.25) is 0 Å². The van der Waals surface area contributed by atoms with Gasteiger partial charge in [-0.1, -0.05) is 99.3 Å². The number of hydrogen-bond donors (Lipinski definition) is 1. The topological polar surface area (TPSA) is 99.8 Å². The highest BCUT2D eigenvalue weighted by atomic mass is 16.5. The Morgan fingerprint density at radius 3 is 2.05 bits per heavy atom. The second kappa shape index (κ2) is 17.1. The average Bonchev–Trinajstić information content (AvgIpc) is 3.26. The van der Waals surface area contributed by atoms with Crippen LogP contribution in [0.1, 0.15) is 130 Å². The van der Waals surface area contributed by atoms with E-state index >= 15 is 0 Å². The van der Waals surface area contributed by atoms with Gasteiger partial charge in [0, 0.05) is 24.6 Å². The number of nitrogens with zero attached hydrogens (tertiary/aromatic N) is 2. The number of ether oxygens (including phenoxy) is 2. The fraction of sp³-hybridized carbons (Fsp3) is 0.844. The summed E-state index contributed by atoms with van der Waals surface area (Å²) in [5, 5.41) is 10.2. The van der Waals surface area contributed by atoms with Gasteiger partial charge in [-0.3, -0.25) is 14.2 Å². The van der Waals surface area contributed by atoms with Crippen molar-refractivity contribution in [2.24, 2.45) is 23.7 Å². The fourth-order valence-corrected chi connectivity index (χ4v) is 5.71. The van der Waals surface area contributed by atoms with E-state index < -0.39 is 36.3 Å². The molecule has 1 aliphatic rings. The molecule has 5 unspecified atom stereocenters. The van der Waals surface area contributed by atoms with Crippen molar-refractivity contribution < 1.29 is 19.4 Å². The van der Waals surface area contributed by atoms with Gasteiger partial charge in [0.15, 0.2) is 6.73 Å². The molecule has 2 heterocycles. The SMILES string of the molecule is CCC1OC(n2cc(C)c(=O)n(COC(=O)CC(C)CCCC(C)CCCC(C)CCCC(C)C)c2=O)C[C@H]1O. The first-order valence-electron chi connectivity index (χ1n) is 15.7. The molecule has 0 saturated carbocycles. The predicted octanol–water partition coefficient (Wildman–Crippen LogP) is 6.34. The van der Waals surface area contributed by atoms with Crippen molar-refractivity contribution in [3.05, 3.63) is 32.6 Å². The maximum Gasteiger partial charge on any atom is 0.335 e. The molecule has 0 aliphatic carbocycles. The number of carbonyl (C=O) groups excluding carboxylic acids is 1. The maximum absolute atomic E-state index is 13.0. The molecule has 1 fully saturated rings. The van der Waals surface area contributed by atoms with Crippen LogP contribution in [0, 0.1) is 30.6 Å². The predicted molar refractivity (Wildman–Crippen MR) is 159 cm³/mol. The Hall–Kier alpha value is -1.93. The van der Waals surface area contributed by atoms with Crippen LogP contribution >= 0.6 is 0 Å². The van der Waals surface area contributed by atoms with Crippen molar-refractivity contribution in [3.63, 3.8) is 0 Å². The third-order valence-electron chi connectivity index (χ3n) is 8.42. The first-order valence-corrected chi connectivity index (χ1v) is 15.7. The minimum Gasteiger partial charge on any atom is -0.444 e. The highest BCUT2D eigenvalue weighted by molar-refractivity contribution is 5.69. The first kappa shape index (κ1) is 34.3. The van der Waals surface area contributed by atoms with E-state index in [2.05, 4.69) is 27.7 Å². The summed E-state index contributed by atoms with van der Waals surface area (Å²) in [7, 11) is 0. The molecule has 0 aromatic carbocycles. The van der Waals surface area contributed by atoms with E-state index in [9.17, 15) is 19.5 Å². The second-order valence-corrected chi connectivity index (χ2v) is 12.9. The van der Waals surface area contributed by atoms with Gasteiger partial charge in [0.1, 0.15) is 6.23 Å². The van der Waals surface area contributed by atoms with Gasteiger partial charge in [-0.05, 0) is 37.0 Å². The maximum atomic E-state index is 13.0. The number of aryl methyl sites for hydroxylation is 1. The molecule has 0 bridgehead atoms. The van der Waals surface area contributed by atoms with Gasteiger partial charge < -0.3 is 14.6 Å². The van der Waals surface area contributed by atoms with E-state index in [1.165, 1.54) is 49.3 Å². The molecule has 0 radical (unpaired) electrons. The first-order chi connectivity index (χ1) is 18.9. The van der Waals surface area contributed by atoms with Crippen molar-refractivity contribution in [2.75, 3.05) is 0 Å². The van der Waals surface area contributed by atoms with Crippen LogP contribution in [0.3, 0.4) is 0 Å². The lowest BCUT2D eigenvalue weighted by Crippen LogP contribution is -2.43. The molecule has 6 atom stereocenters. The van der Waals surface area contributed by atoms with Gasteiger partial charge in [0.25, 0.3) is 5.56 Å². The number of hydrogen-bond acceptors (Lipinski definition) is 6. The van der Waals surface area contributed by atoms with Crippen molar-refractivity contribution >= 4 is 5.97 Å². The van der Waals surface area contributed by atoms with Gasteiger partial charge in [-0.25, -0.2) is 9.36 Å². The van der Waals surface area contributed by atoms with Crippen LogP contribution in [0.25, 0.3) is 0 Å². The molecule has 0 spiro atoms. The highest BCUT2D eigenvalue weighted by Crippen LogP contribution is 2.29. The molecule has 40 heavy (non-hydrogen) atoms. The quantitative estimate of drug-likeness (QED) is 0.209. The number of esters is 1. The van der Waals surface area contributed by atoms with Crippen LogP contribution in [0.4, 0.5) is 0 Å². The van der Waals surface area contributed by atoms with Crippen LogP contribution in [-0.4, -0.2) is 32.4 Å². The van der Waals surface area contributed by atoms with E-state index in [1.54, 1.807) is 6.92 Å². The fourth-order valence-electron chi connectivity index (χ4n) is 5.71. The summed E-state index contributed by atoms with van der Waals surface area (Å²) in [6.45, 7) is 14.4. The molecule has 0 amide bonds. The molecular weight excluding hydrogens is 508 g/mol. The van der Waals surface area contributed by atoms with Crippen LogP contribution in [0.2, 0.25) is 0 Å².